The maximum Gasteiger partial charge on any atom is 0.451 e. The third-order valence-electron chi connectivity index (χ3n) is 12.9. The summed E-state index contributed by atoms with van der Waals surface area (Å²) >= 11 is 0. The van der Waals surface area contributed by atoms with Crippen molar-refractivity contribution in [2.75, 3.05) is 13.1 Å². The number of piperidine rings is 2. The van der Waals surface area contributed by atoms with E-state index in [2.05, 4.69) is 35.2 Å². The number of nitrogens with zero attached hydrogens (tertiary/aromatic N) is 7. The van der Waals surface area contributed by atoms with Crippen LogP contribution in [0.3, 0.4) is 0 Å². The summed E-state index contributed by atoms with van der Waals surface area (Å²) in [5.41, 5.74) is 1.15. The van der Waals surface area contributed by atoms with Crippen LogP contribution < -0.4 is 5.32 Å². The zero-order valence-electron chi connectivity index (χ0n) is 38.8. The first-order valence-corrected chi connectivity index (χ1v) is 26.4. The van der Waals surface area contributed by atoms with Gasteiger partial charge in [-0.1, -0.05) is 0 Å². The average molecular weight is 1150 g/mol. The molecule has 0 amide bonds. The van der Waals surface area contributed by atoms with Crippen molar-refractivity contribution < 1.29 is 70.3 Å². The number of ketones is 2. The Balaban J connectivity index is 0.000000188. The van der Waals surface area contributed by atoms with Crippen LogP contribution in [-0.4, -0.2) is 87.8 Å². The Morgan fingerprint density at radius 2 is 1.04 bits per heavy atom. The highest BCUT2D eigenvalue weighted by molar-refractivity contribution is 8.13. The first-order valence-electron chi connectivity index (χ1n) is 22.6. The van der Waals surface area contributed by atoms with Crippen LogP contribution >= 0.6 is 23.1 Å². The van der Waals surface area contributed by atoms with Gasteiger partial charge < -0.3 is 5.32 Å². The monoisotopic (exact) mass is 1150 g/mol. The Hall–Kier alpha value is -6.06. The molecule has 28 heteroatoms. The third kappa shape index (κ3) is 13.7. The van der Waals surface area contributed by atoms with Gasteiger partial charge in [-0.15, -0.1) is 12.4 Å². The van der Waals surface area contributed by atoms with Crippen LogP contribution in [-0.2, 0) is 53.9 Å². The summed E-state index contributed by atoms with van der Waals surface area (Å²) in [6, 6.07) is 10.4. The van der Waals surface area contributed by atoms with Gasteiger partial charge in [0.25, 0.3) is 9.05 Å². The molecule has 4 aromatic heterocycles. The van der Waals surface area contributed by atoms with Crippen molar-refractivity contribution in [2.45, 2.75) is 72.8 Å². The number of sulfonamides is 1. The van der Waals surface area contributed by atoms with Gasteiger partial charge in [0.2, 0.25) is 21.7 Å². The molecule has 2 aliphatic carbocycles. The van der Waals surface area contributed by atoms with Crippen LogP contribution in [0.1, 0.15) is 48.5 Å². The number of pyridine rings is 2. The fourth-order valence-electron chi connectivity index (χ4n) is 8.80. The predicted molar refractivity (Wildman–Crippen MR) is 253 cm³/mol. The highest BCUT2D eigenvalue weighted by atomic mass is 35.7. The van der Waals surface area contributed by atoms with Gasteiger partial charge in [-0.25, -0.2) is 54.3 Å². The number of nitrogens with one attached hydrogen (secondary N) is 1. The van der Waals surface area contributed by atoms with E-state index in [1.807, 2.05) is 0 Å². The average Bonchev–Trinajstić information content (AvgIpc) is 4.24. The van der Waals surface area contributed by atoms with Gasteiger partial charge in [-0.05, 0) is 128 Å². The predicted octanol–water partition coefficient (Wildman–Crippen LogP) is 9.03. The lowest BCUT2D eigenvalue weighted by atomic mass is 10.0. The summed E-state index contributed by atoms with van der Waals surface area (Å²) in [4.78, 5) is 46.2. The molecule has 4 fully saturated rings. The van der Waals surface area contributed by atoms with Crippen molar-refractivity contribution >= 4 is 53.7 Å². The summed E-state index contributed by atoms with van der Waals surface area (Å²) in [6.45, 7) is 1.05. The number of aromatic nitrogens is 6. The van der Waals surface area contributed by atoms with E-state index in [-0.39, 0.29) is 112 Å². The van der Waals surface area contributed by atoms with E-state index in [0.717, 1.165) is 103 Å². The number of carbonyl (C=O) groups excluding carboxylic acids is 2. The quantitative estimate of drug-likeness (QED) is 0.0851. The number of halogens is 12. The number of alkyl halides is 6. The molecule has 2 saturated carbocycles. The van der Waals surface area contributed by atoms with E-state index >= 15 is 0 Å². The van der Waals surface area contributed by atoms with Crippen LogP contribution in [0.5, 0.6) is 0 Å². The second-order valence-electron chi connectivity index (χ2n) is 17.9. The lowest BCUT2D eigenvalue weighted by Gasteiger charge is -2.26. The van der Waals surface area contributed by atoms with Gasteiger partial charge in [0.15, 0.2) is 5.78 Å². The number of Topliss-reactive ketones (excluding diaryl/α,β-unsaturated/α-hetero) is 2. The van der Waals surface area contributed by atoms with Crippen LogP contribution in [0, 0.1) is 46.9 Å². The van der Waals surface area contributed by atoms with E-state index in [1.165, 1.54) is 12.1 Å². The van der Waals surface area contributed by atoms with E-state index in [0.29, 0.717) is 23.8 Å². The summed E-state index contributed by atoms with van der Waals surface area (Å²) in [7, 11) is -2.79. The zero-order chi connectivity index (χ0) is 54.2. The van der Waals surface area contributed by atoms with E-state index in [9.17, 15) is 70.3 Å². The Morgan fingerprint density at radius 1 is 0.605 bits per heavy atom. The molecule has 0 radical (unpaired) electrons. The van der Waals surface area contributed by atoms with Crippen molar-refractivity contribution in [1.29, 1.82) is 0 Å². The Bertz CT molecular complexity index is 3310. The van der Waals surface area contributed by atoms with Gasteiger partial charge >= 0.3 is 12.4 Å². The molecule has 2 saturated heterocycles. The lowest BCUT2D eigenvalue weighted by Crippen LogP contribution is -2.43. The number of aryl methyl sites for hydroxylation is 2. The molecule has 10 rings (SSSR count). The Morgan fingerprint density at radius 3 is 1.45 bits per heavy atom. The fourth-order valence-corrected chi connectivity index (χ4v) is 11.3. The zero-order valence-corrected chi connectivity index (χ0v) is 42.0. The minimum atomic E-state index is -4.71. The highest BCUT2D eigenvalue weighted by Crippen LogP contribution is 2.52. The minimum Gasteiger partial charge on any atom is -0.307 e. The van der Waals surface area contributed by atoms with Gasteiger partial charge in [-0.3, -0.25) is 19.6 Å². The fraction of sp³-hybridized carbons (Fsp3) is 0.333. The third-order valence-corrected chi connectivity index (χ3v) is 16.1. The number of hydrogen-bond donors (Lipinski definition) is 1. The van der Waals surface area contributed by atoms with Crippen molar-refractivity contribution in [1.82, 2.24) is 39.5 Å². The SMILES string of the molecule is Cl.O=C(CCc1cc(-c2cnc(C(F)(F)F)nc2)ncc1F)C1NC[C@@H]2C[C@H]12.O=C(CCc1cc(-c2cnc(C(F)(F)F)nc2)ncc1F)C1[C@H]2C[C@H]2CN1S(=O)(=O)c1ccc(F)cc1.O=S(=O)(Cl)c1ccc(F)cc1. The number of fused-ring (bicyclic) bond motifs is 2. The molecule has 6 atom stereocenters. The van der Waals surface area contributed by atoms with Crippen LogP contribution in [0.2, 0.25) is 0 Å². The first kappa shape index (κ1) is 57.6. The molecule has 76 heavy (non-hydrogen) atoms. The minimum absolute atomic E-state index is 0. The molecule has 0 bridgehead atoms. The largest absolute Gasteiger partial charge is 0.451 e. The molecule has 1 N–H and O–H groups in total. The maximum absolute atomic E-state index is 14.4. The number of benzene rings is 2. The summed E-state index contributed by atoms with van der Waals surface area (Å²) < 4.78 is 178. The lowest BCUT2D eigenvalue weighted by molar-refractivity contribution is -0.145. The molecular formula is C48H40Cl2F10N8O6S2. The van der Waals surface area contributed by atoms with Crippen LogP contribution in [0.25, 0.3) is 22.5 Å². The van der Waals surface area contributed by atoms with Crippen LogP contribution in [0.4, 0.5) is 43.9 Å². The smallest absolute Gasteiger partial charge is 0.307 e. The summed E-state index contributed by atoms with van der Waals surface area (Å²) in [6.07, 6.45) is -1.63. The second kappa shape index (κ2) is 22.9. The van der Waals surface area contributed by atoms with Crippen molar-refractivity contribution in [3.63, 3.8) is 0 Å². The summed E-state index contributed by atoms with van der Waals surface area (Å²) in [5.74, 6) is -4.26. The number of rotatable bonds is 13. The van der Waals surface area contributed by atoms with Gasteiger partial charge in [0, 0.05) is 66.0 Å². The molecule has 404 valence electrons. The molecular weight excluding hydrogens is 1110 g/mol. The van der Waals surface area contributed by atoms with E-state index in [4.69, 9.17) is 10.7 Å². The molecule has 6 heterocycles. The van der Waals surface area contributed by atoms with E-state index in [1.54, 1.807) is 0 Å². The standard InChI is InChI=1S/C24H19F5N4O3S.C18H16F4N4O.C6H4ClFO2S.ClH/c25-16-2-4-17(5-3-16)37(35,36)33-12-14-7-18(14)22(33)21(34)6-1-13-8-20(30-11-19(13)26)15-9-31-23(32-10-15)24(27,28)29;19-13-8-23-14(11-6-25-17(26-7-11)18(20,21)22)4-9(13)1-2-15(27)16-12-3-10(12)5-24-16;7-11(9,10)6-3-1-5(8)2-4-6;/h2-5,8-11,14,18,22H,1,6-7,12H2;4,6-8,10,12,16,24H,1-3,5H2;1-4H;1H/t14-,18-,22?;10-,12-,16?;;/m00../s1. The molecule has 14 nitrogen and oxygen atoms in total. The van der Waals surface area contributed by atoms with Crippen molar-refractivity contribution in [3.8, 4) is 22.5 Å². The molecule has 6 aromatic rings. The van der Waals surface area contributed by atoms with Crippen molar-refractivity contribution in [3.05, 3.63) is 144 Å². The summed E-state index contributed by atoms with van der Waals surface area (Å²) in [5, 5.41) is 3.20. The Kier molecular flexibility index (Phi) is 17.4. The van der Waals surface area contributed by atoms with Gasteiger partial charge in [0.1, 0.15) is 29.1 Å². The first-order chi connectivity index (χ1) is 35.3. The van der Waals surface area contributed by atoms with Crippen LogP contribution in [0.15, 0.2) is 108 Å². The van der Waals surface area contributed by atoms with E-state index < -0.39 is 72.4 Å². The number of carbonyl (C=O) groups is 2. The Labute approximate surface area is 437 Å². The maximum atomic E-state index is 14.4. The second-order valence-corrected chi connectivity index (χ2v) is 22.4. The topological polar surface area (TPSA) is 195 Å². The van der Waals surface area contributed by atoms with Crippen molar-refractivity contribution in [2.24, 2.45) is 23.7 Å². The molecule has 0 spiro atoms. The molecule has 4 aliphatic rings. The molecule has 2 unspecified atom stereocenters. The van der Waals surface area contributed by atoms with Gasteiger partial charge in [0.05, 0.1) is 45.7 Å². The normalized spacial score (nSPS) is 20.7. The highest BCUT2D eigenvalue weighted by Gasteiger charge is 2.58. The number of hydrogen-bond acceptors (Lipinski definition) is 13. The molecule has 2 aromatic carbocycles. The molecule has 2 aliphatic heterocycles. The van der Waals surface area contributed by atoms with Gasteiger partial charge in [-0.2, -0.15) is 30.6 Å².